The Bertz CT molecular complexity index is 1290. The average Bonchev–Trinajstić information content (AvgIpc) is 2.75. The largest absolute Gasteiger partial charge is 0.307 e. The number of hydrogen-bond acceptors (Lipinski definition) is 5. The lowest BCUT2D eigenvalue weighted by molar-refractivity contribution is -0.115. The zero-order chi connectivity index (χ0) is 23.3. The number of carbonyl (C=O) groups excluding carboxylic acids is 2. The topological polar surface area (TPSA) is 119 Å². The van der Waals surface area contributed by atoms with E-state index in [9.17, 15) is 18.0 Å². The molecule has 0 bridgehead atoms. The number of sulfonamides is 1. The number of nitrogens with zero attached hydrogens (tertiary/aromatic N) is 1. The molecule has 0 spiro atoms. The van der Waals surface area contributed by atoms with Crippen LogP contribution in [-0.4, -0.2) is 25.1 Å². The van der Waals surface area contributed by atoms with Crippen LogP contribution >= 0.6 is 15.9 Å². The summed E-state index contributed by atoms with van der Waals surface area (Å²) in [6, 6.07) is 16.8. The molecule has 0 aliphatic carbocycles. The third-order valence-corrected chi connectivity index (χ3v) is 5.98. The Balaban J connectivity index is 1.68. The number of rotatable bonds is 7. The van der Waals surface area contributed by atoms with E-state index in [-0.39, 0.29) is 22.7 Å². The molecular formula is C23H20BrN3O4S. The van der Waals surface area contributed by atoms with E-state index in [1.807, 2.05) is 0 Å². The second kappa shape index (κ2) is 9.99. The van der Waals surface area contributed by atoms with E-state index in [1.54, 1.807) is 67.7 Å². The summed E-state index contributed by atoms with van der Waals surface area (Å²) in [5.74, 6) is -0.268. The van der Waals surface area contributed by atoms with Crippen LogP contribution in [0.2, 0.25) is 0 Å². The molecule has 1 amide bonds. The predicted molar refractivity (Wildman–Crippen MR) is 126 cm³/mol. The summed E-state index contributed by atoms with van der Waals surface area (Å²) in [5, 5.41) is 7.93. The van der Waals surface area contributed by atoms with Crippen molar-refractivity contribution in [2.75, 3.05) is 5.32 Å². The summed E-state index contributed by atoms with van der Waals surface area (Å²) in [4.78, 5) is 28.7. The normalized spacial score (nSPS) is 11.8. The zero-order valence-electron chi connectivity index (χ0n) is 17.1. The van der Waals surface area contributed by atoms with Crippen molar-refractivity contribution < 1.29 is 18.0 Å². The molecular weight excluding hydrogens is 494 g/mol. The molecule has 1 heterocycles. The summed E-state index contributed by atoms with van der Waals surface area (Å²) in [5.41, 5.74) is 2.14. The number of carbonyl (C=O) groups is 2. The molecule has 32 heavy (non-hydrogen) atoms. The number of benzene rings is 2. The lowest BCUT2D eigenvalue weighted by atomic mass is 10.0. The van der Waals surface area contributed by atoms with Crippen molar-refractivity contribution >= 4 is 43.5 Å². The van der Waals surface area contributed by atoms with Crippen molar-refractivity contribution in [2.24, 2.45) is 5.14 Å². The van der Waals surface area contributed by atoms with E-state index in [2.05, 4.69) is 26.2 Å². The lowest BCUT2D eigenvalue weighted by Crippen LogP contribution is -2.15. The molecule has 0 fully saturated rings. The number of allylic oxidation sites excluding steroid dienone is 1. The average molecular weight is 514 g/mol. The second-order valence-electron chi connectivity index (χ2n) is 7.02. The van der Waals surface area contributed by atoms with E-state index in [4.69, 9.17) is 5.14 Å². The van der Waals surface area contributed by atoms with Crippen molar-refractivity contribution in [2.45, 2.75) is 18.2 Å². The Hall–Kier alpha value is -3.14. The first-order valence-electron chi connectivity index (χ1n) is 9.48. The van der Waals surface area contributed by atoms with Crippen LogP contribution in [0.1, 0.15) is 12.5 Å². The highest BCUT2D eigenvalue weighted by Crippen LogP contribution is 2.26. The smallest absolute Gasteiger partial charge is 0.252 e. The van der Waals surface area contributed by atoms with Crippen LogP contribution in [0.25, 0.3) is 11.1 Å². The van der Waals surface area contributed by atoms with Crippen LogP contribution in [-0.2, 0) is 26.0 Å². The van der Waals surface area contributed by atoms with E-state index < -0.39 is 15.9 Å². The number of pyridine rings is 1. The molecule has 0 saturated heterocycles. The van der Waals surface area contributed by atoms with Gasteiger partial charge in [-0.15, -0.1) is 0 Å². The third-order valence-electron chi connectivity index (χ3n) is 4.54. The Morgan fingerprint density at radius 3 is 2.38 bits per heavy atom. The van der Waals surface area contributed by atoms with E-state index in [1.165, 1.54) is 12.1 Å². The Morgan fingerprint density at radius 1 is 1.06 bits per heavy atom. The molecule has 0 aliphatic heterocycles. The van der Waals surface area contributed by atoms with Gasteiger partial charge in [-0.2, -0.15) is 0 Å². The number of primary sulfonamides is 1. The quantitative estimate of drug-likeness (QED) is 0.465. The number of ketones is 1. The molecule has 0 saturated carbocycles. The minimum atomic E-state index is -3.86. The number of aromatic nitrogens is 1. The maximum Gasteiger partial charge on any atom is 0.252 e. The van der Waals surface area contributed by atoms with Gasteiger partial charge in [0, 0.05) is 28.2 Å². The zero-order valence-corrected chi connectivity index (χ0v) is 19.5. The molecule has 164 valence electrons. The molecule has 3 aromatic rings. The van der Waals surface area contributed by atoms with Crippen molar-refractivity contribution in [1.29, 1.82) is 0 Å². The minimum Gasteiger partial charge on any atom is -0.307 e. The van der Waals surface area contributed by atoms with Gasteiger partial charge in [-0.25, -0.2) is 18.5 Å². The molecule has 0 atom stereocenters. The van der Waals surface area contributed by atoms with Crippen molar-refractivity contribution in [1.82, 2.24) is 4.98 Å². The van der Waals surface area contributed by atoms with Crippen LogP contribution < -0.4 is 10.5 Å². The molecule has 1 aromatic heterocycles. The van der Waals surface area contributed by atoms with Gasteiger partial charge in [0.2, 0.25) is 10.0 Å². The maximum absolute atomic E-state index is 12.4. The number of nitrogens with one attached hydrogen (secondary N) is 1. The molecule has 0 radical (unpaired) electrons. The lowest BCUT2D eigenvalue weighted by Gasteiger charge is -2.08. The summed E-state index contributed by atoms with van der Waals surface area (Å²) in [6.45, 7) is 1.55. The van der Waals surface area contributed by atoms with Gasteiger partial charge >= 0.3 is 0 Å². The predicted octanol–water partition coefficient (Wildman–Crippen LogP) is 3.86. The molecule has 2 aromatic carbocycles. The third kappa shape index (κ3) is 6.19. The summed E-state index contributed by atoms with van der Waals surface area (Å²) >= 11 is 3.27. The molecule has 0 unspecified atom stereocenters. The van der Waals surface area contributed by atoms with Crippen molar-refractivity contribution in [3.05, 3.63) is 88.5 Å². The van der Waals surface area contributed by atoms with Crippen LogP contribution in [0.4, 0.5) is 5.82 Å². The fraction of sp³-hybridized carbons (Fsp3) is 0.0870. The van der Waals surface area contributed by atoms with Gasteiger partial charge in [0.05, 0.1) is 4.90 Å². The maximum atomic E-state index is 12.4. The fourth-order valence-corrected chi connectivity index (χ4v) is 3.97. The highest BCUT2D eigenvalue weighted by molar-refractivity contribution is 9.10. The highest BCUT2D eigenvalue weighted by atomic mass is 79.9. The van der Waals surface area contributed by atoms with E-state index in [0.29, 0.717) is 16.9 Å². The van der Waals surface area contributed by atoms with Gasteiger partial charge in [0.15, 0.2) is 5.78 Å². The van der Waals surface area contributed by atoms with Gasteiger partial charge < -0.3 is 5.32 Å². The Morgan fingerprint density at radius 2 is 1.75 bits per heavy atom. The monoisotopic (exact) mass is 513 g/mol. The SMILES string of the molecule is C/C(=C/C(=O)Cc1ccc(-c2ccccc2S(N)(=O)=O)cc1)C(=O)Nc1ccc(Br)cn1. The second-order valence-corrected chi connectivity index (χ2v) is 9.47. The van der Waals surface area contributed by atoms with Crippen molar-refractivity contribution in [3.63, 3.8) is 0 Å². The van der Waals surface area contributed by atoms with Crippen LogP contribution in [0.3, 0.4) is 0 Å². The number of hydrogen-bond donors (Lipinski definition) is 2. The first kappa shape index (κ1) is 23.5. The van der Waals surface area contributed by atoms with Crippen molar-refractivity contribution in [3.8, 4) is 11.1 Å². The van der Waals surface area contributed by atoms with Crippen LogP contribution in [0.5, 0.6) is 0 Å². The highest BCUT2D eigenvalue weighted by Gasteiger charge is 2.14. The fourth-order valence-electron chi connectivity index (χ4n) is 2.98. The van der Waals surface area contributed by atoms with Gasteiger partial charge in [0.25, 0.3) is 5.91 Å². The number of halogens is 1. The standard InChI is InChI=1S/C23H20BrN3O4S/c1-15(23(29)27-22-11-10-18(24)14-26-22)12-19(28)13-16-6-8-17(9-7-16)20-4-2-3-5-21(20)32(25,30)31/h2-12,14H,13H2,1H3,(H2,25,30,31)(H,26,27,29)/b15-12-. The van der Waals surface area contributed by atoms with Crippen LogP contribution in [0.15, 0.2) is 87.9 Å². The molecule has 7 nitrogen and oxygen atoms in total. The summed E-state index contributed by atoms with van der Waals surface area (Å²) in [7, 11) is -3.86. The first-order chi connectivity index (χ1) is 15.1. The number of nitrogens with two attached hydrogens (primary N) is 1. The molecule has 3 rings (SSSR count). The first-order valence-corrected chi connectivity index (χ1v) is 11.8. The van der Waals surface area contributed by atoms with Gasteiger partial charge in [-0.1, -0.05) is 42.5 Å². The molecule has 9 heteroatoms. The van der Waals surface area contributed by atoms with E-state index >= 15 is 0 Å². The van der Waals surface area contributed by atoms with Gasteiger partial charge in [0.1, 0.15) is 5.82 Å². The van der Waals surface area contributed by atoms with Gasteiger partial charge in [-0.05, 0) is 58.3 Å². The summed E-state index contributed by atoms with van der Waals surface area (Å²) in [6.07, 6.45) is 2.95. The minimum absolute atomic E-state index is 0.0358. The number of amides is 1. The van der Waals surface area contributed by atoms with Gasteiger partial charge in [-0.3, -0.25) is 9.59 Å². The van der Waals surface area contributed by atoms with E-state index in [0.717, 1.165) is 10.0 Å². The molecule has 3 N–H and O–H groups in total. The number of anilines is 1. The van der Waals surface area contributed by atoms with Crippen LogP contribution in [0, 0.1) is 0 Å². The Labute approximate surface area is 194 Å². The Kier molecular flexibility index (Phi) is 7.34. The summed E-state index contributed by atoms with van der Waals surface area (Å²) < 4.78 is 24.4. The molecule has 0 aliphatic rings.